The molecule has 0 aliphatic carbocycles. The lowest BCUT2D eigenvalue weighted by molar-refractivity contribution is -0.130. The summed E-state index contributed by atoms with van der Waals surface area (Å²) in [7, 11) is 7.30. The first-order chi connectivity index (χ1) is 11.1. The maximum Gasteiger partial charge on any atom is 0.242 e. The molecule has 2 amide bonds. The van der Waals surface area contributed by atoms with Gasteiger partial charge in [-0.1, -0.05) is 0 Å². The second-order valence-electron chi connectivity index (χ2n) is 5.44. The minimum atomic E-state index is -0.521. The molecule has 6 N–H and O–H groups in total. The van der Waals surface area contributed by atoms with Crippen LogP contribution >= 0.6 is 0 Å². The molecule has 8 heteroatoms. The summed E-state index contributed by atoms with van der Waals surface area (Å²) < 4.78 is 0. The molecule has 0 aromatic heterocycles. The molecule has 0 saturated heterocycles. The normalized spacial score (nSPS) is 13.4. The van der Waals surface area contributed by atoms with Gasteiger partial charge < -0.3 is 31.9 Å². The lowest BCUT2D eigenvalue weighted by Gasteiger charge is -2.22. The summed E-state index contributed by atoms with van der Waals surface area (Å²) in [6, 6.07) is -0.808. The van der Waals surface area contributed by atoms with Gasteiger partial charge in [-0.25, -0.2) is 0 Å². The van der Waals surface area contributed by atoms with Crippen molar-refractivity contribution >= 4 is 11.8 Å². The standard InChI is InChI=1S/C15H34N6O2/c1-16-8-5-6-12(19-4)15(23)21-13(7-9-17-2)14(22)20-11-10-18-3/h12-13,16-19H,5-11H2,1-4H3,(H,20,22)(H,21,23)/t12-,13-/m0/s1. The first kappa shape index (κ1) is 21.8. The third-order valence-electron chi connectivity index (χ3n) is 3.57. The molecule has 0 aliphatic heterocycles. The minimum absolute atomic E-state index is 0.131. The molecular weight excluding hydrogens is 296 g/mol. The number of hydrogen-bond donors (Lipinski definition) is 6. The van der Waals surface area contributed by atoms with Crippen LogP contribution < -0.4 is 31.9 Å². The molecule has 136 valence electrons. The van der Waals surface area contributed by atoms with Gasteiger partial charge in [0, 0.05) is 13.1 Å². The Morgan fingerprint density at radius 2 is 1.39 bits per heavy atom. The zero-order valence-electron chi connectivity index (χ0n) is 14.9. The van der Waals surface area contributed by atoms with Crippen LogP contribution in [-0.2, 0) is 9.59 Å². The van der Waals surface area contributed by atoms with Gasteiger partial charge in [0.15, 0.2) is 0 Å². The van der Waals surface area contributed by atoms with E-state index in [-0.39, 0.29) is 17.9 Å². The Morgan fingerprint density at radius 1 is 0.739 bits per heavy atom. The number of amides is 2. The van der Waals surface area contributed by atoms with Crippen LogP contribution in [0.3, 0.4) is 0 Å². The van der Waals surface area contributed by atoms with Crippen LogP contribution in [0.25, 0.3) is 0 Å². The molecule has 0 unspecified atom stereocenters. The SMILES string of the molecule is CNCCC[C@H](NC)C(=O)N[C@@H](CCNC)C(=O)NCCNC. The average molecular weight is 330 g/mol. The van der Waals surface area contributed by atoms with Crippen LogP contribution in [0.5, 0.6) is 0 Å². The minimum Gasteiger partial charge on any atom is -0.353 e. The number of carbonyl (C=O) groups excluding carboxylic acids is 2. The maximum atomic E-state index is 12.4. The first-order valence-electron chi connectivity index (χ1n) is 8.29. The highest BCUT2D eigenvalue weighted by Gasteiger charge is 2.23. The Bertz CT molecular complexity index is 327. The molecule has 0 aromatic rings. The Hall–Kier alpha value is -1.22. The van der Waals surface area contributed by atoms with E-state index in [1.165, 1.54) is 0 Å². The van der Waals surface area contributed by atoms with Gasteiger partial charge in [-0.2, -0.15) is 0 Å². The van der Waals surface area contributed by atoms with E-state index in [1.54, 1.807) is 7.05 Å². The fourth-order valence-electron chi connectivity index (χ4n) is 2.15. The van der Waals surface area contributed by atoms with Crippen molar-refractivity contribution in [3.63, 3.8) is 0 Å². The van der Waals surface area contributed by atoms with Crippen molar-refractivity contribution in [3.05, 3.63) is 0 Å². The largest absolute Gasteiger partial charge is 0.353 e. The van der Waals surface area contributed by atoms with Crippen molar-refractivity contribution in [2.75, 3.05) is 54.4 Å². The van der Waals surface area contributed by atoms with Crippen molar-refractivity contribution in [2.45, 2.75) is 31.3 Å². The second kappa shape index (κ2) is 14.4. The van der Waals surface area contributed by atoms with Crippen LogP contribution in [0.4, 0.5) is 0 Å². The van der Waals surface area contributed by atoms with E-state index in [0.29, 0.717) is 26.1 Å². The fourth-order valence-corrected chi connectivity index (χ4v) is 2.15. The van der Waals surface area contributed by atoms with E-state index >= 15 is 0 Å². The number of carbonyl (C=O) groups is 2. The van der Waals surface area contributed by atoms with Crippen LogP contribution in [-0.4, -0.2) is 78.3 Å². The van der Waals surface area contributed by atoms with Gasteiger partial charge in [0.2, 0.25) is 11.8 Å². The van der Waals surface area contributed by atoms with Gasteiger partial charge in [-0.15, -0.1) is 0 Å². The van der Waals surface area contributed by atoms with Crippen molar-refractivity contribution in [1.82, 2.24) is 31.9 Å². The third-order valence-corrected chi connectivity index (χ3v) is 3.57. The molecule has 0 spiro atoms. The number of hydrogen-bond acceptors (Lipinski definition) is 6. The summed E-state index contributed by atoms with van der Waals surface area (Å²) in [6.45, 7) is 2.76. The highest BCUT2D eigenvalue weighted by molar-refractivity contribution is 5.89. The molecule has 0 saturated carbocycles. The Balaban J connectivity index is 4.52. The predicted octanol–water partition coefficient (Wildman–Crippen LogP) is -2.00. The smallest absolute Gasteiger partial charge is 0.242 e. The molecule has 0 bridgehead atoms. The van der Waals surface area contributed by atoms with Gasteiger partial charge in [-0.05, 0) is 60.5 Å². The quantitative estimate of drug-likeness (QED) is 0.206. The van der Waals surface area contributed by atoms with Crippen LogP contribution in [0.1, 0.15) is 19.3 Å². The molecule has 23 heavy (non-hydrogen) atoms. The lowest BCUT2D eigenvalue weighted by Crippen LogP contribution is -2.53. The third kappa shape index (κ3) is 10.2. The first-order valence-corrected chi connectivity index (χ1v) is 8.29. The maximum absolute atomic E-state index is 12.4. The van der Waals surface area contributed by atoms with Gasteiger partial charge >= 0.3 is 0 Å². The van der Waals surface area contributed by atoms with Gasteiger partial charge in [0.05, 0.1) is 6.04 Å². The number of rotatable bonds is 14. The zero-order valence-corrected chi connectivity index (χ0v) is 14.9. The van der Waals surface area contributed by atoms with Crippen molar-refractivity contribution < 1.29 is 9.59 Å². The highest BCUT2D eigenvalue weighted by Crippen LogP contribution is 1.99. The summed E-state index contributed by atoms with van der Waals surface area (Å²) in [4.78, 5) is 24.6. The Kier molecular flexibility index (Phi) is 13.6. The monoisotopic (exact) mass is 330 g/mol. The summed E-state index contributed by atoms with van der Waals surface area (Å²) in [5.74, 6) is -0.276. The summed E-state index contributed by atoms with van der Waals surface area (Å²) in [5.41, 5.74) is 0. The summed E-state index contributed by atoms with van der Waals surface area (Å²) in [6.07, 6.45) is 2.18. The van der Waals surface area contributed by atoms with Crippen molar-refractivity contribution in [3.8, 4) is 0 Å². The summed E-state index contributed by atoms with van der Waals surface area (Å²) >= 11 is 0. The van der Waals surface area contributed by atoms with Crippen molar-refractivity contribution in [2.24, 2.45) is 0 Å². The van der Waals surface area contributed by atoms with E-state index in [4.69, 9.17) is 0 Å². The zero-order chi connectivity index (χ0) is 17.5. The Labute approximate surface area is 139 Å². The molecule has 0 fully saturated rings. The molecule has 0 heterocycles. The van der Waals surface area contributed by atoms with Crippen LogP contribution in [0, 0.1) is 0 Å². The van der Waals surface area contributed by atoms with E-state index in [9.17, 15) is 9.59 Å². The van der Waals surface area contributed by atoms with E-state index in [1.807, 2.05) is 21.1 Å². The number of nitrogens with one attached hydrogen (secondary N) is 6. The molecular formula is C15H34N6O2. The molecule has 2 atom stereocenters. The molecule has 0 aliphatic rings. The second-order valence-corrected chi connectivity index (χ2v) is 5.44. The average Bonchev–Trinajstić information content (AvgIpc) is 2.55. The van der Waals surface area contributed by atoms with Gasteiger partial charge in [0.25, 0.3) is 0 Å². The molecule has 0 aromatic carbocycles. The van der Waals surface area contributed by atoms with E-state index in [0.717, 1.165) is 19.4 Å². The van der Waals surface area contributed by atoms with E-state index in [2.05, 4.69) is 31.9 Å². The lowest BCUT2D eigenvalue weighted by atomic mass is 10.1. The molecule has 8 nitrogen and oxygen atoms in total. The fraction of sp³-hybridized carbons (Fsp3) is 0.867. The Morgan fingerprint density at radius 3 is 1.96 bits per heavy atom. The van der Waals surface area contributed by atoms with Gasteiger partial charge in [0.1, 0.15) is 6.04 Å². The van der Waals surface area contributed by atoms with Crippen LogP contribution in [0.15, 0.2) is 0 Å². The topological polar surface area (TPSA) is 106 Å². The molecule has 0 radical (unpaired) electrons. The van der Waals surface area contributed by atoms with Gasteiger partial charge in [-0.3, -0.25) is 9.59 Å². The van der Waals surface area contributed by atoms with Crippen molar-refractivity contribution in [1.29, 1.82) is 0 Å². The predicted molar refractivity (Wildman–Crippen MR) is 93.4 cm³/mol. The summed E-state index contributed by atoms with van der Waals surface area (Å²) in [5, 5.41) is 17.8. The van der Waals surface area contributed by atoms with Crippen LogP contribution in [0.2, 0.25) is 0 Å². The van der Waals surface area contributed by atoms with E-state index < -0.39 is 6.04 Å². The number of likely N-dealkylation sites (N-methyl/N-ethyl adjacent to an activating group) is 2. The highest BCUT2D eigenvalue weighted by atomic mass is 16.2. The molecule has 0 rings (SSSR count).